The van der Waals surface area contributed by atoms with Gasteiger partial charge in [-0.3, -0.25) is 0 Å². The Morgan fingerprint density at radius 1 is 1.00 bits per heavy atom. The Bertz CT molecular complexity index is 1390. The van der Waals surface area contributed by atoms with Gasteiger partial charge >= 0.3 is 6.03 Å². The average Bonchev–Trinajstić information content (AvgIpc) is 3.47. The molecule has 6 rings (SSSR count). The fourth-order valence-corrected chi connectivity index (χ4v) is 6.83. The first-order valence-electron chi connectivity index (χ1n) is 12.2. The zero-order valence-corrected chi connectivity index (χ0v) is 20.9. The summed E-state index contributed by atoms with van der Waals surface area (Å²) in [7, 11) is 1.68. The predicted octanol–water partition coefficient (Wildman–Crippen LogP) is 6.87. The fraction of sp³-hybridized carbons (Fsp3) is 0.276. The Hall–Kier alpha value is -3.51. The molecule has 5 nitrogen and oxygen atoms in total. The van der Waals surface area contributed by atoms with Crippen LogP contribution in [-0.4, -0.2) is 22.6 Å². The number of ether oxygens (including phenoxy) is 1. The minimum atomic E-state index is -0.223. The molecule has 0 spiro atoms. The molecule has 0 bridgehead atoms. The van der Waals surface area contributed by atoms with Crippen LogP contribution in [0.4, 0.5) is 10.5 Å². The van der Waals surface area contributed by atoms with Gasteiger partial charge in [0.1, 0.15) is 10.8 Å². The van der Waals surface area contributed by atoms with Gasteiger partial charge in [-0.25, -0.2) is 4.79 Å². The zero-order valence-electron chi connectivity index (χ0n) is 20.1. The third-order valence-corrected chi connectivity index (χ3v) is 8.59. The van der Waals surface area contributed by atoms with Gasteiger partial charge < -0.3 is 19.5 Å². The van der Waals surface area contributed by atoms with Crippen LogP contribution in [0.25, 0.3) is 5.00 Å². The van der Waals surface area contributed by atoms with Crippen LogP contribution in [0.3, 0.4) is 0 Å². The predicted molar refractivity (Wildman–Crippen MR) is 141 cm³/mol. The highest BCUT2D eigenvalue weighted by molar-refractivity contribution is 7.15. The van der Waals surface area contributed by atoms with E-state index < -0.39 is 0 Å². The summed E-state index contributed by atoms with van der Waals surface area (Å²) < 4.78 is 7.72. The summed E-state index contributed by atoms with van der Waals surface area (Å²) in [5.41, 5.74) is 6.83. The number of urea groups is 1. The minimum Gasteiger partial charge on any atom is -0.497 e. The second-order valence-electron chi connectivity index (χ2n) is 9.35. The number of aryl methyl sites for hydroxylation is 2. The van der Waals surface area contributed by atoms with Crippen molar-refractivity contribution in [3.8, 4) is 10.8 Å². The molecular weight excluding hydrogens is 454 g/mol. The molecule has 4 aromatic rings. The number of para-hydroxylation sites is 1. The van der Waals surface area contributed by atoms with Gasteiger partial charge in [-0.1, -0.05) is 30.3 Å². The first kappa shape index (κ1) is 22.0. The van der Waals surface area contributed by atoms with Crippen LogP contribution >= 0.6 is 11.3 Å². The molecule has 2 amide bonds. The van der Waals surface area contributed by atoms with Gasteiger partial charge in [0, 0.05) is 22.3 Å². The number of nitrogens with one attached hydrogen (secondary N) is 1. The molecule has 3 heterocycles. The molecule has 0 saturated heterocycles. The molecule has 0 unspecified atom stereocenters. The molecule has 0 saturated carbocycles. The smallest absolute Gasteiger partial charge is 0.322 e. The number of rotatable bonds is 3. The van der Waals surface area contributed by atoms with Crippen LogP contribution in [0.5, 0.6) is 5.75 Å². The van der Waals surface area contributed by atoms with Crippen LogP contribution in [0.2, 0.25) is 0 Å². The van der Waals surface area contributed by atoms with E-state index in [1.165, 1.54) is 33.8 Å². The van der Waals surface area contributed by atoms with Crippen LogP contribution in [0.15, 0.2) is 66.9 Å². The number of aromatic nitrogens is 1. The molecule has 1 aliphatic heterocycles. The Kier molecular flexibility index (Phi) is 5.61. The van der Waals surface area contributed by atoms with Crippen molar-refractivity contribution in [1.29, 1.82) is 0 Å². The second kappa shape index (κ2) is 8.93. The molecule has 178 valence electrons. The number of benzene rings is 2. The van der Waals surface area contributed by atoms with Crippen molar-refractivity contribution in [2.45, 2.75) is 45.2 Å². The summed E-state index contributed by atoms with van der Waals surface area (Å²) in [6.07, 6.45) is 6.84. The molecule has 2 aliphatic rings. The van der Waals surface area contributed by atoms with Gasteiger partial charge in [-0.2, -0.15) is 0 Å². The Labute approximate surface area is 210 Å². The molecule has 2 aromatic carbocycles. The number of methoxy groups -OCH3 is 1. The highest BCUT2D eigenvalue weighted by atomic mass is 32.1. The van der Waals surface area contributed by atoms with Gasteiger partial charge in [0.2, 0.25) is 0 Å². The number of hydrogen-bond donors (Lipinski definition) is 1. The lowest BCUT2D eigenvalue weighted by Gasteiger charge is -2.31. The summed E-state index contributed by atoms with van der Waals surface area (Å²) in [4.78, 5) is 17.5. The monoisotopic (exact) mass is 483 g/mol. The highest BCUT2D eigenvalue weighted by Crippen LogP contribution is 2.44. The first-order chi connectivity index (χ1) is 17.1. The maximum absolute atomic E-state index is 14.0. The van der Waals surface area contributed by atoms with E-state index in [2.05, 4.69) is 40.3 Å². The largest absolute Gasteiger partial charge is 0.497 e. The molecule has 1 N–H and O–H groups in total. The van der Waals surface area contributed by atoms with Gasteiger partial charge in [0.15, 0.2) is 0 Å². The number of amides is 2. The van der Waals surface area contributed by atoms with Crippen molar-refractivity contribution in [3.05, 3.63) is 99.7 Å². The van der Waals surface area contributed by atoms with Crippen LogP contribution in [-0.2, 0) is 19.4 Å². The van der Waals surface area contributed by atoms with E-state index >= 15 is 0 Å². The third kappa shape index (κ3) is 3.82. The standard InChI is InChI=1S/C29H29N3O2S/c1-19-8-3-5-10-24(19)30-29(33)32-18-23-22-9-4-6-12-26(22)35-28(23)31-17-7-11-25(31)27(32)20-13-15-21(34-2)16-14-20/h3,5,7-8,10-11,13-17,27H,4,6,9,12,18H2,1-2H3,(H,30,33)/t27-/m0/s1. The van der Waals surface area contributed by atoms with Crippen molar-refractivity contribution >= 4 is 23.1 Å². The molecule has 35 heavy (non-hydrogen) atoms. The number of thiophene rings is 1. The quantitative estimate of drug-likeness (QED) is 0.346. The third-order valence-electron chi connectivity index (χ3n) is 7.26. The van der Waals surface area contributed by atoms with Gasteiger partial charge in [0.25, 0.3) is 0 Å². The van der Waals surface area contributed by atoms with Crippen molar-refractivity contribution in [3.63, 3.8) is 0 Å². The maximum Gasteiger partial charge on any atom is 0.322 e. The number of carbonyl (C=O) groups is 1. The molecule has 2 aromatic heterocycles. The number of anilines is 1. The Balaban J connectivity index is 1.50. The molecule has 0 fully saturated rings. The second-order valence-corrected chi connectivity index (χ2v) is 10.4. The molecule has 1 atom stereocenters. The number of hydrogen-bond acceptors (Lipinski definition) is 3. The molecule has 0 radical (unpaired) electrons. The van der Waals surface area contributed by atoms with Crippen LogP contribution < -0.4 is 10.1 Å². The summed E-state index contributed by atoms with van der Waals surface area (Å²) in [5.74, 6) is 0.807. The average molecular weight is 484 g/mol. The fourth-order valence-electron chi connectivity index (χ4n) is 5.42. The van der Waals surface area contributed by atoms with Gasteiger partial charge in [0.05, 0.1) is 25.4 Å². The lowest BCUT2D eigenvalue weighted by atomic mass is 9.95. The van der Waals surface area contributed by atoms with Gasteiger partial charge in [-0.05, 0) is 79.6 Å². The normalized spacial score (nSPS) is 16.6. The molecular formula is C29H29N3O2S. The summed E-state index contributed by atoms with van der Waals surface area (Å²) in [6, 6.07) is 20.0. The van der Waals surface area contributed by atoms with E-state index in [0.717, 1.165) is 41.1 Å². The topological polar surface area (TPSA) is 46.5 Å². The van der Waals surface area contributed by atoms with E-state index in [9.17, 15) is 4.79 Å². The zero-order chi connectivity index (χ0) is 23.9. The van der Waals surface area contributed by atoms with E-state index in [4.69, 9.17) is 4.74 Å². The summed E-state index contributed by atoms with van der Waals surface area (Å²) in [6.45, 7) is 2.61. The highest BCUT2D eigenvalue weighted by Gasteiger charge is 2.36. The first-order valence-corrected chi connectivity index (χ1v) is 13.0. The number of fused-ring (bicyclic) bond motifs is 5. The molecule has 6 heteroatoms. The molecule has 1 aliphatic carbocycles. The summed E-state index contributed by atoms with van der Waals surface area (Å²) >= 11 is 1.91. The van der Waals surface area contributed by atoms with Crippen LogP contribution in [0, 0.1) is 6.92 Å². The Morgan fingerprint density at radius 3 is 2.60 bits per heavy atom. The van der Waals surface area contributed by atoms with Crippen molar-refractivity contribution in [1.82, 2.24) is 9.47 Å². The summed E-state index contributed by atoms with van der Waals surface area (Å²) in [5, 5.41) is 4.48. The van der Waals surface area contributed by atoms with E-state index in [0.29, 0.717) is 6.54 Å². The minimum absolute atomic E-state index is 0.0866. The van der Waals surface area contributed by atoms with E-state index in [1.54, 1.807) is 7.11 Å². The van der Waals surface area contributed by atoms with Gasteiger partial charge in [-0.15, -0.1) is 11.3 Å². The lowest BCUT2D eigenvalue weighted by Crippen LogP contribution is -2.38. The van der Waals surface area contributed by atoms with Crippen molar-refractivity contribution in [2.75, 3.05) is 12.4 Å². The van der Waals surface area contributed by atoms with E-state index in [-0.39, 0.29) is 12.1 Å². The van der Waals surface area contributed by atoms with E-state index in [1.807, 2.05) is 59.6 Å². The number of carbonyl (C=O) groups excluding carboxylic acids is 1. The number of nitrogens with zero attached hydrogens (tertiary/aromatic N) is 2. The lowest BCUT2D eigenvalue weighted by molar-refractivity contribution is 0.194. The SMILES string of the molecule is COc1ccc([C@H]2c3cccn3-c3sc4c(c3CN2C(=O)Nc2ccccc2C)CCCC4)cc1. The Morgan fingerprint density at radius 2 is 1.80 bits per heavy atom. The van der Waals surface area contributed by atoms with Crippen molar-refractivity contribution < 1.29 is 9.53 Å². The van der Waals surface area contributed by atoms with Crippen molar-refractivity contribution in [2.24, 2.45) is 0 Å². The maximum atomic E-state index is 14.0. The van der Waals surface area contributed by atoms with Crippen LogP contribution in [0.1, 0.15) is 51.7 Å².